The van der Waals surface area contributed by atoms with Crippen LogP contribution < -0.4 is 10.1 Å². The van der Waals surface area contributed by atoms with E-state index in [4.69, 9.17) is 14.2 Å². The van der Waals surface area contributed by atoms with Crippen LogP contribution in [0.25, 0.3) is 0 Å². The maximum atomic E-state index is 13.4. The van der Waals surface area contributed by atoms with E-state index in [1.807, 2.05) is 11.8 Å². The van der Waals surface area contributed by atoms with Crippen molar-refractivity contribution in [3.63, 3.8) is 0 Å². The summed E-state index contributed by atoms with van der Waals surface area (Å²) in [6.45, 7) is 5.10. The van der Waals surface area contributed by atoms with Gasteiger partial charge in [-0.25, -0.2) is 0 Å². The number of fused-ring (bicyclic) bond motifs is 1. The SMILES string of the molecule is COCC(=O)Nc1ccc2c(c1)C(=O)N(C)C[C@@H](OC)[C@@H](C)CN(C(=O)C1CCCC1)[C@H](C)CO2. The second-order valence-electron chi connectivity index (χ2n) is 9.76. The number of likely N-dealkylation sites (N-methyl/N-ethyl adjacent to an activating group) is 1. The van der Waals surface area contributed by atoms with Gasteiger partial charge in [0.25, 0.3) is 5.91 Å². The molecule has 1 saturated carbocycles. The van der Waals surface area contributed by atoms with Crippen molar-refractivity contribution in [2.45, 2.75) is 51.7 Å². The molecule has 1 aromatic carbocycles. The van der Waals surface area contributed by atoms with Gasteiger partial charge in [0.2, 0.25) is 11.8 Å². The monoisotopic (exact) mass is 489 g/mol. The van der Waals surface area contributed by atoms with Crippen LogP contribution in [0, 0.1) is 11.8 Å². The third-order valence-electron chi connectivity index (χ3n) is 6.99. The number of carbonyl (C=O) groups excluding carboxylic acids is 3. The molecule has 1 N–H and O–H groups in total. The molecule has 0 unspecified atom stereocenters. The Morgan fingerprint density at radius 1 is 1.14 bits per heavy atom. The number of methoxy groups -OCH3 is 2. The zero-order chi connectivity index (χ0) is 25.5. The number of carbonyl (C=O) groups is 3. The van der Waals surface area contributed by atoms with Crippen LogP contribution >= 0.6 is 0 Å². The number of anilines is 1. The van der Waals surface area contributed by atoms with Gasteiger partial charge in [-0.15, -0.1) is 0 Å². The van der Waals surface area contributed by atoms with E-state index < -0.39 is 0 Å². The normalized spacial score (nSPS) is 24.3. The fraction of sp³-hybridized carbons (Fsp3) is 0.654. The van der Waals surface area contributed by atoms with E-state index in [1.54, 1.807) is 37.3 Å². The van der Waals surface area contributed by atoms with Crippen molar-refractivity contribution in [1.82, 2.24) is 9.80 Å². The second-order valence-corrected chi connectivity index (χ2v) is 9.76. The van der Waals surface area contributed by atoms with Crippen molar-refractivity contribution >= 4 is 23.4 Å². The quantitative estimate of drug-likeness (QED) is 0.683. The average molecular weight is 490 g/mol. The van der Waals surface area contributed by atoms with Gasteiger partial charge < -0.3 is 29.3 Å². The van der Waals surface area contributed by atoms with Gasteiger partial charge in [0.05, 0.1) is 17.7 Å². The Bertz CT molecular complexity index is 901. The summed E-state index contributed by atoms with van der Waals surface area (Å²) in [6, 6.07) is 4.81. The summed E-state index contributed by atoms with van der Waals surface area (Å²) in [7, 11) is 4.80. The third-order valence-corrected chi connectivity index (χ3v) is 6.99. The fourth-order valence-electron chi connectivity index (χ4n) is 4.90. The van der Waals surface area contributed by atoms with Crippen LogP contribution in [0.4, 0.5) is 5.69 Å². The highest BCUT2D eigenvalue weighted by Crippen LogP contribution is 2.30. The maximum Gasteiger partial charge on any atom is 0.257 e. The molecule has 3 amide bonds. The molecular formula is C26H39N3O6. The van der Waals surface area contributed by atoms with Crippen molar-refractivity contribution in [2.24, 2.45) is 11.8 Å². The Balaban J connectivity index is 1.92. The van der Waals surface area contributed by atoms with Crippen molar-refractivity contribution in [2.75, 3.05) is 52.9 Å². The van der Waals surface area contributed by atoms with Gasteiger partial charge in [0.1, 0.15) is 19.0 Å². The maximum absolute atomic E-state index is 13.4. The lowest BCUT2D eigenvalue weighted by atomic mass is 9.99. The molecule has 1 aliphatic carbocycles. The average Bonchev–Trinajstić information content (AvgIpc) is 3.38. The lowest BCUT2D eigenvalue weighted by Crippen LogP contribution is -2.50. The van der Waals surface area contributed by atoms with Crippen LogP contribution in [0.3, 0.4) is 0 Å². The third kappa shape index (κ3) is 6.73. The Labute approximate surface area is 208 Å². The van der Waals surface area contributed by atoms with E-state index in [9.17, 15) is 14.4 Å². The first-order chi connectivity index (χ1) is 16.7. The number of rotatable bonds is 5. The number of amides is 3. The van der Waals surface area contributed by atoms with Crippen LogP contribution in [0.15, 0.2) is 18.2 Å². The van der Waals surface area contributed by atoms with Crippen molar-refractivity contribution < 1.29 is 28.6 Å². The predicted octanol–water partition coefficient (Wildman–Crippen LogP) is 2.79. The molecule has 0 spiro atoms. The molecule has 1 heterocycles. The van der Waals surface area contributed by atoms with E-state index in [0.717, 1.165) is 25.7 Å². The fourth-order valence-corrected chi connectivity index (χ4v) is 4.90. The van der Waals surface area contributed by atoms with Crippen molar-refractivity contribution in [3.05, 3.63) is 23.8 Å². The van der Waals surface area contributed by atoms with E-state index >= 15 is 0 Å². The molecule has 1 aromatic rings. The van der Waals surface area contributed by atoms with E-state index in [2.05, 4.69) is 12.2 Å². The number of hydrogen-bond acceptors (Lipinski definition) is 6. The van der Waals surface area contributed by atoms with Gasteiger partial charge in [-0.2, -0.15) is 0 Å². The molecule has 194 valence electrons. The van der Waals surface area contributed by atoms with E-state index in [1.165, 1.54) is 7.11 Å². The van der Waals surface area contributed by atoms with Gasteiger partial charge in [0.15, 0.2) is 0 Å². The van der Waals surface area contributed by atoms with E-state index in [0.29, 0.717) is 30.1 Å². The summed E-state index contributed by atoms with van der Waals surface area (Å²) in [6.07, 6.45) is 3.80. The number of hydrogen-bond donors (Lipinski definition) is 1. The number of ether oxygens (including phenoxy) is 3. The van der Waals surface area contributed by atoms with Crippen LogP contribution in [-0.4, -0.2) is 87.2 Å². The van der Waals surface area contributed by atoms with Gasteiger partial charge in [-0.05, 0) is 38.0 Å². The summed E-state index contributed by atoms with van der Waals surface area (Å²) in [5, 5.41) is 2.74. The molecule has 0 bridgehead atoms. The molecule has 1 fully saturated rings. The zero-order valence-electron chi connectivity index (χ0n) is 21.5. The summed E-state index contributed by atoms with van der Waals surface area (Å²) in [5.41, 5.74) is 0.817. The van der Waals surface area contributed by atoms with E-state index in [-0.39, 0.29) is 54.9 Å². The smallest absolute Gasteiger partial charge is 0.257 e. The second kappa shape index (κ2) is 12.4. The Hall–Kier alpha value is -2.65. The summed E-state index contributed by atoms with van der Waals surface area (Å²) < 4.78 is 16.8. The first kappa shape index (κ1) is 26.9. The number of benzene rings is 1. The summed E-state index contributed by atoms with van der Waals surface area (Å²) in [5.74, 6) is 0.122. The van der Waals surface area contributed by atoms with Gasteiger partial charge in [-0.1, -0.05) is 19.8 Å². The minimum absolute atomic E-state index is 0.0154. The highest BCUT2D eigenvalue weighted by atomic mass is 16.5. The molecule has 0 aromatic heterocycles. The molecule has 0 saturated heterocycles. The largest absolute Gasteiger partial charge is 0.491 e. The van der Waals surface area contributed by atoms with Crippen LogP contribution in [0.5, 0.6) is 5.75 Å². The summed E-state index contributed by atoms with van der Waals surface area (Å²) in [4.78, 5) is 42.4. The van der Waals surface area contributed by atoms with Gasteiger partial charge >= 0.3 is 0 Å². The molecule has 9 heteroatoms. The predicted molar refractivity (Wildman–Crippen MR) is 132 cm³/mol. The van der Waals surface area contributed by atoms with Crippen LogP contribution in [-0.2, 0) is 19.1 Å². The van der Waals surface area contributed by atoms with Crippen molar-refractivity contribution in [3.8, 4) is 5.75 Å². The first-order valence-electron chi connectivity index (χ1n) is 12.4. The molecule has 3 rings (SSSR count). The zero-order valence-corrected chi connectivity index (χ0v) is 21.5. The van der Waals surface area contributed by atoms with Crippen LogP contribution in [0.1, 0.15) is 49.9 Å². The molecule has 1 aliphatic heterocycles. The lowest BCUT2D eigenvalue weighted by molar-refractivity contribution is -0.139. The lowest BCUT2D eigenvalue weighted by Gasteiger charge is -2.37. The highest BCUT2D eigenvalue weighted by Gasteiger charge is 2.34. The minimum Gasteiger partial charge on any atom is -0.491 e. The molecule has 2 aliphatic rings. The van der Waals surface area contributed by atoms with Crippen molar-refractivity contribution in [1.29, 1.82) is 0 Å². The molecule has 9 nitrogen and oxygen atoms in total. The Morgan fingerprint density at radius 2 is 1.86 bits per heavy atom. The summed E-state index contributed by atoms with van der Waals surface area (Å²) >= 11 is 0. The van der Waals surface area contributed by atoms with Gasteiger partial charge in [-0.3, -0.25) is 14.4 Å². The Morgan fingerprint density at radius 3 is 2.51 bits per heavy atom. The topological polar surface area (TPSA) is 97.4 Å². The first-order valence-corrected chi connectivity index (χ1v) is 12.4. The van der Waals surface area contributed by atoms with Gasteiger partial charge in [0, 0.05) is 51.9 Å². The number of nitrogens with one attached hydrogen (secondary N) is 1. The molecule has 0 radical (unpaired) electrons. The highest BCUT2D eigenvalue weighted by molar-refractivity contribution is 5.99. The number of nitrogens with zero attached hydrogens (tertiary/aromatic N) is 2. The standard InChI is InChI=1S/C26H39N3O6/c1-17-13-29(25(31)19-8-6-7-9-19)18(2)15-35-22-11-10-20(27-24(30)16-33-4)12-21(22)26(32)28(3)14-23(17)34-5/h10-12,17-19,23H,6-9,13-16H2,1-5H3,(H,27,30)/t17-,18+,23+/m0/s1. The van der Waals surface area contributed by atoms with Crippen LogP contribution in [0.2, 0.25) is 0 Å². The molecular weight excluding hydrogens is 450 g/mol. The molecule has 35 heavy (non-hydrogen) atoms. The Kier molecular flexibility index (Phi) is 9.51. The minimum atomic E-state index is -0.315. The molecule has 3 atom stereocenters.